The Morgan fingerprint density at radius 3 is 2.59 bits per heavy atom. The van der Waals surface area contributed by atoms with Crippen LogP contribution in [0.3, 0.4) is 0 Å². The Bertz CT molecular complexity index is 1180. The lowest BCUT2D eigenvalue weighted by Gasteiger charge is -2.33. The summed E-state index contributed by atoms with van der Waals surface area (Å²) >= 11 is 0. The highest BCUT2D eigenvalue weighted by atomic mass is 19.1. The highest BCUT2D eigenvalue weighted by Gasteiger charge is 2.31. The highest BCUT2D eigenvalue weighted by Crippen LogP contribution is 2.33. The normalized spacial score (nSPS) is 17.7. The van der Waals surface area contributed by atoms with Crippen molar-refractivity contribution in [3.63, 3.8) is 0 Å². The second-order valence-electron chi connectivity index (χ2n) is 8.48. The lowest BCUT2D eigenvalue weighted by atomic mass is 9.89. The van der Waals surface area contributed by atoms with E-state index in [1.54, 1.807) is 12.1 Å². The number of carbonyl (C=O) groups excluding carboxylic acids is 2. The molecule has 3 aromatic rings. The van der Waals surface area contributed by atoms with E-state index in [-0.39, 0.29) is 30.6 Å². The molecule has 5 rings (SSSR count). The molecule has 2 aliphatic heterocycles. The molecular weight excluding hydrogens is 407 g/mol. The van der Waals surface area contributed by atoms with Gasteiger partial charge >= 0.3 is 0 Å². The number of carbonyl (C=O) groups is 2. The smallest absolute Gasteiger partial charge is 0.270 e. The van der Waals surface area contributed by atoms with Crippen LogP contribution < -0.4 is 0 Å². The van der Waals surface area contributed by atoms with E-state index in [0.717, 1.165) is 23.9 Å². The zero-order valence-corrected chi connectivity index (χ0v) is 17.8. The Hall–Kier alpha value is -3.48. The lowest BCUT2D eigenvalue weighted by molar-refractivity contribution is -0.132. The summed E-state index contributed by atoms with van der Waals surface area (Å²) in [5.74, 6) is -0.114. The average Bonchev–Trinajstić information content (AvgIpc) is 3.26. The van der Waals surface area contributed by atoms with Crippen molar-refractivity contribution in [1.29, 1.82) is 0 Å². The number of fused-ring (bicyclic) bond motifs is 1. The van der Waals surface area contributed by atoms with Crippen molar-refractivity contribution in [2.45, 2.75) is 38.1 Å². The van der Waals surface area contributed by atoms with Gasteiger partial charge < -0.3 is 9.88 Å². The van der Waals surface area contributed by atoms with Gasteiger partial charge in [-0.2, -0.15) is 5.10 Å². The van der Waals surface area contributed by atoms with Crippen molar-refractivity contribution in [2.24, 2.45) is 5.10 Å². The van der Waals surface area contributed by atoms with Crippen molar-refractivity contribution in [3.05, 3.63) is 71.7 Å². The van der Waals surface area contributed by atoms with Gasteiger partial charge in [0.1, 0.15) is 11.5 Å². The van der Waals surface area contributed by atoms with Gasteiger partial charge in [0.05, 0.1) is 6.54 Å². The maximum absolute atomic E-state index is 13.1. The predicted molar refractivity (Wildman–Crippen MR) is 120 cm³/mol. The Kier molecular flexibility index (Phi) is 5.47. The molecule has 0 radical (unpaired) electrons. The molecule has 7 heteroatoms. The number of rotatable bonds is 4. The maximum Gasteiger partial charge on any atom is 0.270 e. The molecule has 3 heterocycles. The molecule has 0 aliphatic carbocycles. The molecule has 164 valence electrons. The summed E-state index contributed by atoms with van der Waals surface area (Å²) in [5.41, 5.74) is 3.66. The van der Waals surface area contributed by atoms with Gasteiger partial charge in [-0.1, -0.05) is 30.3 Å². The van der Waals surface area contributed by atoms with E-state index >= 15 is 0 Å². The molecule has 0 bridgehead atoms. The van der Waals surface area contributed by atoms with Crippen LogP contribution in [0.15, 0.2) is 59.8 Å². The first-order valence-electron chi connectivity index (χ1n) is 11.1. The van der Waals surface area contributed by atoms with Crippen molar-refractivity contribution >= 4 is 28.4 Å². The summed E-state index contributed by atoms with van der Waals surface area (Å²) in [4.78, 5) is 30.6. The topological polar surface area (TPSA) is 68.8 Å². The summed E-state index contributed by atoms with van der Waals surface area (Å²) < 4.78 is 13.1. The van der Waals surface area contributed by atoms with Gasteiger partial charge in [0.2, 0.25) is 5.91 Å². The number of hydrazone groups is 1. The highest BCUT2D eigenvalue weighted by molar-refractivity contribution is 6.39. The first-order chi connectivity index (χ1) is 15.6. The Morgan fingerprint density at radius 2 is 1.81 bits per heavy atom. The number of nitrogens with zero attached hydrogens (tertiary/aromatic N) is 3. The summed E-state index contributed by atoms with van der Waals surface area (Å²) in [6.07, 6.45) is 4.52. The fourth-order valence-corrected chi connectivity index (χ4v) is 4.65. The third kappa shape index (κ3) is 4.02. The van der Waals surface area contributed by atoms with Gasteiger partial charge in [0.25, 0.3) is 5.91 Å². The van der Waals surface area contributed by atoms with Gasteiger partial charge in [0.15, 0.2) is 0 Å². The molecule has 0 saturated carbocycles. The number of aromatic amines is 1. The van der Waals surface area contributed by atoms with Crippen molar-refractivity contribution < 1.29 is 14.0 Å². The van der Waals surface area contributed by atoms with Gasteiger partial charge in [-0.15, -0.1) is 0 Å². The number of benzene rings is 2. The number of halogens is 1. The molecule has 32 heavy (non-hydrogen) atoms. The number of nitrogens with one attached hydrogen (secondary N) is 1. The molecule has 2 aromatic carbocycles. The first kappa shape index (κ1) is 20.4. The van der Waals surface area contributed by atoms with E-state index in [9.17, 15) is 14.0 Å². The van der Waals surface area contributed by atoms with Gasteiger partial charge in [0, 0.05) is 43.0 Å². The predicted octanol–water partition coefficient (Wildman–Crippen LogP) is 4.19. The quantitative estimate of drug-likeness (QED) is 0.672. The van der Waals surface area contributed by atoms with E-state index in [1.807, 2.05) is 11.0 Å². The molecular formula is C25H25FN4O2. The Labute approximate surface area is 185 Å². The zero-order valence-electron chi connectivity index (χ0n) is 17.8. The Morgan fingerprint density at radius 1 is 1.06 bits per heavy atom. The van der Waals surface area contributed by atoms with E-state index < -0.39 is 0 Å². The minimum atomic E-state index is -0.325. The molecule has 1 aromatic heterocycles. The molecule has 6 nitrogen and oxygen atoms in total. The van der Waals surface area contributed by atoms with Crippen LogP contribution in [-0.2, 0) is 16.1 Å². The second kappa shape index (κ2) is 8.57. The summed E-state index contributed by atoms with van der Waals surface area (Å²) in [6.45, 7) is 1.58. The van der Waals surface area contributed by atoms with Gasteiger partial charge in [-0.05, 0) is 48.1 Å². The van der Waals surface area contributed by atoms with E-state index in [2.05, 4.69) is 34.5 Å². The van der Waals surface area contributed by atoms with Crippen LogP contribution in [-0.4, -0.2) is 45.5 Å². The van der Waals surface area contributed by atoms with Crippen LogP contribution in [0, 0.1) is 5.82 Å². The number of para-hydroxylation sites is 1. The maximum atomic E-state index is 13.1. The van der Waals surface area contributed by atoms with Gasteiger partial charge in [-0.3, -0.25) is 9.59 Å². The summed E-state index contributed by atoms with van der Waals surface area (Å²) in [6, 6.07) is 14.3. The largest absolute Gasteiger partial charge is 0.361 e. The molecule has 0 atom stereocenters. The van der Waals surface area contributed by atoms with Crippen molar-refractivity contribution in [2.75, 3.05) is 13.1 Å². The number of likely N-dealkylation sites (tertiary alicyclic amines) is 1. The summed E-state index contributed by atoms with van der Waals surface area (Å²) in [5, 5.41) is 6.97. The number of hydrogen-bond donors (Lipinski definition) is 1. The zero-order chi connectivity index (χ0) is 22.1. The number of piperidine rings is 1. The van der Waals surface area contributed by atoms with E-state index in [4.69, 9.17) is 0 Å². The van der Waals surface area contributed by atoms with Crippen molar-refractivity contribution in [3.8, 4) is 0 Å². The summed E-state index contributed by atoms with van der Waals surface area (Å²) in [7, 11) is 0. The molecule has 1 saturated heterocycles. The third-order valence-corrected chi connectivity index (χ3v) is 6.44. The number of hydrogen-bond acceptors (Lipinski definition) is 3. The van der Waals surface area contributed by atoms with Gasteiger partial charge in [-0.25, -0.2) is 9.40 Å². The average molecular weight is 432 g/mol. The first-order valence-corrected chi connectivity index (χ1v) is 11.1. The third-order valence-electron chi connectivity index (χ3n) is 6.44. The molecule has 2 aliphatic rings. The standard InChI is InChI=1S/C25H25FN4O2/c26-19-7-5-17(6-8-19)16-30-24(31)10-9-23(28-30)25(32)29-13-11-18(12-14-29)21-15-27-22-4-2-1-3-20(21)22/h1-8,15,18,27H,9-14,16H2. The van der Waals surface area contributed by atoms with Crippen LogP contribution in [0.1, 0.15) is 42.7 Å². The SMILES string of the molecule is O=C(C1=NN(Cc2ccc(F)cc2)C(=O)CC1)N1CCC(c2c[nH]c3ccccc23)CC1. The van der Waals surface area contributed by atoms with Crippen LogP contribution in [0.4, 0.5) is 4.39 Å². The molecule has 0 spiro atoms. The van der Waals surface area contributed by atoms with Crippen LogP contribution in [0.25, 0.3) is 10.9 Å². The monoisotopic (exact) mass is 432 g/mol. The minimum Gasteiger partial charge on any atom is -0.361 e. The Balaban J connectivity index is 1.25. The van der Waals surface area contributed by atoms with E-state index in [1.165, 1.54) is 28.1 Å². The minimum absolute atomic E-state index is 0.0843. The second-order valence-corrected chi connectivity index (χ2v) is 8.48. The fourth-order valence-electron chi connectivity index (χ4n) is 4.65. The van der Waals surface area contributed by atoms with Crippen LogP contribution >= 0.6 is 0 Å². The number of H-pyrrole nitrogens is 1. The molecule has 0 unspecified atom stereocenters. The van der Waals surface area contributed by atoms with Crippen molar-refractivity contribution in [1.82, 2.24) is 14.9 Å². The number of aromatic nitrogens is 1. The molecule has 1 N–H and O–H groups in total. The molecule has 2 amide bonds. The van der Waals surface area contributed by atoms with E-state index in [0.29, 0.717) is 31.1 Å². The fraction of sp³-hybridized carbons (Fsp3) is 0.320. The van der Waals surface area contributed by atoms with Crippen LogP contribution in [0.2, 0.25) is 0 Å². The lowest BCUT2D eigenvalue weighted by Crippen LogP contribution is -2.44. The number of amides is 2. The van der Waals surface area contributed by atoms with Crippen LogP contribution in [0.5, 0.6) is 0 Å². The molecule has 1 fully saturated rings.